The highest BCUT2D eigenvalue weighted by atomic mass is 35.5. The van der Waals surface area contributed by atoms with Gasteiger partial charge >= 0.3 is 0 Å². The van der Waals surface area contributed by atoms with Crippen LogP contribution in [0.5, 0.6) is 0 Å². The third-order valence-electron chi connectivity index (χ3n) is 2.14. The van der Waals surface area contributed by atoms with E-state index in [2.05, 4.69) is 0 Å². The Kier molecular flexibility index (Phi) is 4.98. The smallest absolute Gasteiger partial charge is 0.258 e. The Bertz CT molecular complexity index is 736. The predicted octanol–water partition coefficient (Wildman–Crippen LogP) is 0.964. The Hall–Kier alpha value is -0.940. The molecule has 0 bridgehead atoms. The van der Waals surface area contributed by atoms with Crippen molar-refractivity contribution in [2.45, 2.75) is 4.90 Å². The molecule has 1 aromatic carbocycles. The second-order valence-corrected chi connectivity index (χ2v) is 8.28. The lowest BCUT2D eigenvalue weighted by molar-refractivity contribution is -0.384. The molecule has 0 aromatic heterocycles. The Morgan fingerprint density at radius 1 is 1.10 bits per heavy atom. The molecular weight excluding hydrogens is 355 g/mol. The molecule has 2 N–H and O–H groups in total. The van der Waals surface area contributed by atoms with Gasteiger partial charge in [0.05, 0.1) is 26.5 Å². The summed E-state index contributed by atoms with van der Waals surface area (Å²) in [5.41, 5.74) is -0.481. The van der Waals surface area contributed by atoms with Crippen LogP contribution >= 0.6 is 23.2 Å². The van der Waals surface area contributed by atoms with E-state index in [-0.39, 0.29) is 0 Å². The Balaban J connectivity index is 3.29. The minimum absolute atomic E-state index is 0.460. The number of non-ortho nitro benzene ring substituents is 1. The highest BCUT2D eigenvalue weighted by Gasteiger charge is 2.26. The van der Waals surface area contributed by atoms with Crippen LogP contribution < -0.4 is 5.14 Å². The molecule has 0 radical (unpaired) electrons. The van der Waals surface area contributed by atoms with E-state index in [0.29, 0.717) is 0 Å². The number of hydrogen-bond acceptors (Lipinski definition) is 6. The molecule has 0 atom stereocenters. The van der Waals surface area contributed by atoms with Crippen molar-refractivity contribution in [2.24, 2.45) is 5.14 Å². The number of nitrogens with two attached hydrogens (primary N) is 1. The minimum Gasteiger partial charge on any atom is -0.258 e. The quantitative estimate of drug-likeness (QED) is 0.611. The van der Waals surface area contributed by atoms with Crippen LogP contribution in [0.1, 0.15) is 0 Å². The van der Waals surface area contributed by atoms with Crippen LogP contribution in [-0.2, 0) is 19.9 Å². The summed E-state index contributed by atoms with van der Waals surface area (Å²) in [6, 6.07) is 1.63. The predicted molar refractivity (Wildman–Crippen MR) is 73.1 cm³/mol. The number of nitro benzene ring substituents is 1. The summed E-state index contributed by atoms with van der Waals surface area (Å²) < 4.78 is 45.4. The molecule has 0 aliphatic heterocycles. The zero-order chi connectivity index (χ0) is 15.7. The van der Waals surface area contributed by atoms with Crippen molar-refractivity contribution < 1.29 is 21.8 Å². The first-order chi connectivity index (χ1) is 8.94. The number of sulfone groups is 1. The van der Waals surface area contributed by atoms with Gasteiger partial charge in [-0.15, -0.1) is 0 Å². The van der Waals surface area contributed by atoms with Crippen molar-refractivity contribution in [1.82, 2.24) is 0 Å². The lowest BCUT2D eigenvalue weighted by Gasteiger charge is -2.08. The third-order valence-corrected chi connectivity index (χ3v) is 5.80. The van der Waals surface area contributed by atoms with Crippen molar-refractivity contribution in [3.8, 4) is 0 Å². The molecule has 0 saturated carbocycles. The molecule has 0 aliphatic carbocycles. The molecule has 112 valence electrons. The van der Waals surface area contributed by atoms with Crippen LogP contribution in [0, 0.1) is 10.1 Å². The summed E-state index contributed by atoms with van der Waals surface area (Å²) in [6.07, 6.45) is 0. The third kappa shape index (κ3) is 4.28. The monoisotopic (exact) mass is 362 g/mol. The largest absolute Gasteiger partial charge is 0.272 e. The molecule has 12 heteroatoms. The van der Waals surface area contributed by atoms with E-state index in [1.807, 2.05) is 0 Å². The van der Waals surface area contributed by atoms with Gasteiger partial charge in [-0.2, -0.15) is 0 Å². The zero-order valence-corrected chi connectivity index (χ0v) is 12.8. The molecule has 0 saturated heterocycles. The van der Waals surface area contributed by atoms with Gasteiger partial charge in [-0.3, -0.25) is 10.1 Å². The van der Waals surface area contributed by atoms with Crippen molar-refractivity contribution in [1.29, 1.82) is 0 Å². The molecule has 0 aliphatic rings. The maximum Gasteiger partial charge on any atom is 0.272 e. The fraction of sp³-hybridized carbons (Fsp3) is 0.250. The number of nitrogens with zero attached hydrogens (tertiary/aromatic N) is 1. The summed E-state index contributed by atoms with van der Waals surface area (Å²) >= 11 is 11.3. The van der Waals surface area contributed by atoms with E-state index in [1.54, 1.807) is 0 Å². The fourth-order valence-corrected chi connectivity index (χ4v) is 5.18. The lowest BCUT2D eigenvalue weighted by Crippen LogP contribution is -2.23. The van der Waals surface area contributed by atoms with Crippen molar-refractivity contribution in [2.75, 3.05) is 11.5 Å². The van der Waals surface area contributed by atoms with E-state index in [9.17, 15) is 26.9 Å². The maximum atomic E-state index is 11.9. The van der Waals surface area contributed by atoms with Gasteiger partial charge < -0.3 is 0 Å². The molecule has 1 rings (SSSR count). The van der Waals surface area contributed by atoms with Gasteiger partial charge in [0, 0.05) is 12.1 Å². The number of benzene rings is 1. The summed E-state index contributed by atoms with van der Waals surface area (Å²) in [6.45, 7) is 0. The Morgan fingerprint density at radius 2 is 1.55 bits per heavy atom. The van der Waals surface area contributed by atoms with Crippen LogP contribution in [0.25, 0.3) is 0 Å². The normalized spacial score (nSPS) is 12.3. The maximum absolute atomic E-state index is 11.9. The summed E-state index contributed by atoms with van der Waals surface area (Å²) in [5.74, 6) is -1.65. The van der Waals surface area contributed by atoms with Crippen LogP contribution in [0.4, 0.5) is 5.69 Å². The molecule has 0 heterocycles. The van der Waals surface area contributed by atoms with E-state index in [0.717, 1.165) is 12.1 Å². The van der Waals surface area contributed by atoms with Crippen molar-refractivity contribution in [3.05, 3.63) is 32.3 Å². The second-order valence-electron chi connectivity index (χ2n) is 3.68. The van der Waals surface area contributed by atoms with Gasteiger partial charge in [0.15, 0.2) is 9.84 Å². The number of hydrogen-bond donors (Lipinski definition) is 1. The van der Waals surface area contributed by atoms with Gasteiger partial charge in [-0.1, -0.05) is 23.2 Å². The van der Waals surface area contributed by atoms with Gasteiger partial charge in [0.2, 0.25) is 10.0 Å². The van der Waals surface area contributed by atoms with Gasteiger partial charge in [0.1, 0.15) is 4.90 Å². The first kappa shape index (κ1) is 17.1. The first-order valence-electron chi connectivity index (χ1n) is 4.81. The van der Waals surface area contributed by atoms with Crippen LogP contribution in [0.2, 0.25) is 10.0 Å². The van der Waals surface area contributed by atoms with Crippen molar-refractivity contribution in [3.63, 3.8) is 0 Å². The molecule has 0 unspecified atom stereocenters. The van der Waals surface area contributed by atoms with Crippen LogP contribution in [0.15, 0.2) is 17.0 Å². The number of sulfonamides is 1. The van der Waals surface area contributed by atoms with Crippen molar-refractivity contribution >= 4 is 48.7 Å². The average molecular weight is 363 g/mol. The minimum atomic E-state index is -4.14. The zero-order valence-electron chi connectivity index (χ0n) is 9.62. The summed E-state index contributed by atoms with van der Waals surface area (Å²) in [4.78, 5) is 9.21. The number of rotatable bonds is 5. The highest BCUT2D eigenvalue weighted by Crippen LogP contribution is 2.34. The lowest BCUT2D eigenvalue weighted by atomic mass is 10.3. The molecule has 0 fully saturated rings. The van der Waals surface area contributed by atoms with Gasteiger partial charge in [0.25, 0.3) is 5.69 Å². The first-order valence-corrected chi connectivity index (χ1v) is 8.93. The van der Waals surface area contributed by atoms with E-state index in [4.69, 9.17) is 28.3 Å². The molecule has 20 heavy (non-hydrogen) atoms. The standard InChI is InChI=1S/C8H8Cl2N2O6S2/c9-6-3-5(12(13)14)4-7(10)8(6)19(15,16)1-2-20(11,17)18/h3-4H,1-2H2,(H2,11,17,18). The fourth-order valence-electron chi connectivity index (χ4n) is 1.28. The number of nitro groups is 1. The Labute approximate surface area is 124 Å². The summed E-state index contributed by atoms with van der Waals surface area (Å²) in [5, 5.41) is 14.4. The van der Waals surface area contributed by atoms with E-state index in [1.165, 1.54) is 0 Å². The molecule has 0 spiro atoms. The Morgan fingerprint density at radius 3 is 1.90 bits per heavy atom. The topological polar surface area (TPSA) is 137 Å². The molecular formula is C8H8Cl2N2O6S2. The molecule has 8 nitrogen and oxygen atoms in total. The van der Waals surface area contributed by atoms with Crippen LogP contribution in [-0.4, -0.2) is 33.3 Å². The van der Waals surface area contributed by atoms with E-state index >= 15 is 0 Å². The van der Waals surface area contributed by atoms with Gasteiger partial charge in [-0.05, 0) is 0 Å². The second kappa shape index (κ2) is 5.82. The molecule has 1 aromatic rings. The van der Waals surface area contributed by atoms with E-state index < -0.39 is 56.9 Å². The average Bonchev–Trinajstić information content (AvgIpc) is 2.24. The SMILES string of the molecule is NS(=O)(=O)CCS(=O)(=O)c1c(Cl)cc([N+](=O)[O-])cc1Cl. The molecule has 0 amide bonds. The van der Waals surface area contributed by atoms with Gasteiger partial charge in [-0.25, -0.2) is 22.0 Å². The highest BCUT2D eigenvalue weighted by molar-refractivity contribution is 7.94. The number of halogens is 2. The van der Waals surface area contributed by atoms with Crippen LogP contribution in [0.3, 0.4) is 0 Å². The summed E-state index contributed by atoms with van der Waals surface area (Å²) in [7, 11) is -8.13. The number of primary sulfonamides is 1.